The molecule has 6 heteroatoms. The van der Waals surface area contributed by atoms with Crippen molar-refractivity contribution >= 4 is 28.5 Å². The highest BCUT2D eigenvalue weighted by molar-refractivity contribution is 6.07. The number of carboxylic acids is 1. The van der Waals surface area contributed by atoms with Crippen LogP contribution in [0.1, 0.15) is 81.7 Å². The molecule has 0 radical (unpaired) electrons. The maximum Gasteiger partial charge on any atom is 0.307 e. The van der Waals surface area contributed by atoms with Crippen LogP contribution in [0.4, 0.5) is 0 Å². The summed E-state index contributed by atoms with van der Waals surface area (Å²) >= 11 is 0. The number of rotatable bonds is 3. The van der Waals surface area contributed by atoms with Crippen molar-refractivity contribution in [1.82, 2.24) is 0 Å². The molecule has 35 heavy (non-hydrogen) atoms. The molecule has 2 aliphatic carbocycles. The molecule has 0 amide bonds. The molecule has 1 aliphatic heterocycles. The summed E-state index contributed by atoms with van der Waals surface area (Å²) in [6.07, 6.45) is 1.78. The first kappa shape index (κ1) is 23.6. The van der Waals surface area contributed by atoms with E-state index in [0.29, 0.717) is 70.8 Å². The van der Waals surface area contributed by atoms with Gasteiger partial charge >= 0.3 is 5.97 Å². The molecule has 2 aromatic rings. The van der Waals surface area contributed by atoms with Gasteiger partial charge in [-0.3, -0.25) is 14.4 Å². The molecule has 0 saturated heterocycles. The lowest BCUT2D eigenvalue weighted by atomic mass is 9.65. The van der Waals surface area contributed by atoms with Crippen molar-refractivity contribution in [2.45, 2.75) is 79.6 Å². The molecule has 1 N–H and O–H groups in total. The number of carboxylic acid groups (broad SMARTS) is 1. The van der Waals surface area contributed by atoms with Crippen LogP contribution in [0.5, 0.6) is 0 Å². The van der Waals surface area contributed by atoms with Crippen molar-refractivity contribution in [2.24, 2.45) is 10.8 Å². The first-order chi connectivity index (χ1) is 16.3. The summed E-state index contributed by atoms with van der Waals surface area (Å²) in [6.45, 7) is 12.0. The number of ketones is 2. The van der Waals surface area contributed by atoms with E-state index in [9.17, 15) is 19.5 Å². The third-order valence-electron chi connectivity index (χ3n) is 7.57. The molecular weight excluding hydrogens is 444 g/mol. The largest absolute Gasteiger partial charge is 0.481 e. The number of furan rings is 1. The molecule has 0 saturated carbocycles. The number of benzene rings is 1. The summed E-state index contributed by atoms with van der Waals surface area (Å²) in [4.78, 5) is 38.9. The van der Waals surface area contributed by atoms with Crippen LogP contribution in [0.2, 0.25) is 0 Å². The Morgan fingerprint density at radius 1 is 0.943 bits per heavy atom. The fraction of sp³-hybridized carbons (Fsp3) is 0.483. The van der Waals surface area contributed by atoms with Crippen molar-refractivity contribution in [1.29, 1.82) is 0 Å². The van der Waals surface area contributed by atoms with E-state index in [1.165, 1.54) is 0 Å². The second-order valence-electron chi connectivity index (χ2n) is 12.0. The molecule has 0 atom stereocenters. The molecule has 5 rings (SSSR count). The highest BCUT2D eigenvalue weighted by atomic mass is 16.5. The van der Waals surface area contributed by atoms with E-state index < -0.39 is 11.9 Å². The van der Waals surface area contributed by atoms with Gasteiger partial charge in [-0.15, -0.1) is 0 Å². The lowest BCUT2D eigenvalue weighted by Crippen LogP contribution is -2.37. The van der Waals surface area contributed by atoms with Crippen molar-refractivity contribution < 1.29 is 28.6 Å². The molecule has 1 aromatic carbocycles. The zero-order valence-electron chi connectivity index (χ0n) is 21.3. The Morgan fingerprint density at radius 2 is 1.49 bits per heavy atom. The SMILES string of the molecule is Cc1cc2c(C)c(CC(=O)O)cc(C3C4=C(CC(C)(C)CC4=O)OC4=C3C(=O)CC(C)(C)C4)c2o1. The van der Waals surface area contributed by atoms with Crippen molar-refractivity contribution in [3.63, 3.8) is 0 Å². The van der Waals surface area contributed by atoms with Crippen LogP contribution < -0.4 is 0 Å². The monoisotopic (exact) mass is 476 g/mol. The average molecular weight is 477 g/mol. The minimum absolute atomic E-state index is 0.0257. The van der Waals surface area contributed by atoms with Gasteiger partial charge in [0.2, 0.25) is 0 Å². The Kier molecular flexibility index (Phi) is 5.17. The molecule has 3 aliphatic rings. The molecule has 6 nitrogen and oxygen atoms in total. The number of carbonyl (C=O) groups excluding carboxylic acids is 2. The highest BCUT2D eigenvalue weighted by Crippen LogP contribution is 2.54. The van der Waals surface area contributed by atoms with Gasteiger partial charge in [-0.05, 0) is 41.9 Å². The maximum absolute atomic E-state index is 13.6. The standard InChI is InChI=1S/C29H32O6/c1-14-7-17-15(2)16(9-23(32)33)8-18(27(17)34-14)24-25-19(30)10-28(3,4)12-21(25)35-22-13-29(5,6)11-20(31)26(22)24/h7-8,24H,9-13H2,1-6H3,(H,32,33). The fourth-order valence-corrected chi connectivity index (χ4v) is 6.09. The number of hydrogen-bond acceptors (Lipinski definition) is 5. The van der Waals surface area contributed by atoms with E-state index in [2.05, 4.69) is 27.7 Å². The van der Waals surface area contributed by atoms with E-state index in [-0.39, 0.29) is 28.8 Å². The zero-order chi connectivity index (χ0) is 25.4. The van der Waals surface area contributed by atoms with Gasteiger partial charge in [-0.2, -0.15) is 0 Å². The van der Waals surface area contributed by atoms with E-state index in [1.807, 2.05) is 26.0 Å². The van der Waals surface area contributed by atoms with Gasteiger partial charge in [0.05, 0.1) is 12.3 Å². The van der Waals surface area contributed by atoms with Crippen molar-refractivity contribution in [2.75, 3.05) is 0 Å². The van der Waals surface area contributed by atoms with Crippen LogP contribution in [0, 0.1) is 24.7 Å². The van der Waals surface area contributed by atoms with Crippen LogP contribution in [-0.2, 0) is 25.5 Å². The molecule has 0 fully saturated rings. The van der Waals surface area contributed by atoms with Crippen LogP contribution >= 0.6 is 0 Å². The first-order valence-electron chi connectivity index (χ1n) is 12.2. The molecule has 184 valence electrons. The van der Waals surface area contributed by atoms with E-state index in [4.69, 9.17) is 9.15 Å². The van der Waals surface area contributed by atoms with E-state index >= 15 is 0 Å². The Balaban J connectivity index is 1.83. The summed E-state index contributed by atoms with van der Waals surface area (Å²) in [6, 6.07) is 3.74. The average Bonchev–Trinajstić information content (AvgIpc) is 3.08. The number of ether oxygens (including phenoxy) is 1. The third kappa shape index (κ3) is 3.93. The lowest BCUT2D eigenvalue weighted by molar-refractivity contribution is -0.136. The van der Waals surface area contributed by atoms with Crippen LogP contribution in [0.3, 0.4) is 0 Å². The Hall–Kier alpha value is -3.15. The van der Waals surface area contributed by atoms with Crippen LogP contribution in [0.15, 0.2) is 39.2 Å². The van der Waals surface area contributed by atoms with Gasteiger partial charge in [0.1, 0.15) is 22.9 Å². The van der Waals surface area contributed by atoms with Gasteiger partial charge in [0, 0.05) is 47.8 Å². The van der Waals surface area contributed by atoms with Crippen molar-refractivity contribution in [3.05, 3.63) is 57.2 Å². The van der Waals surface area contributed by atoms with Crippen molar-refractivity contribution in [3.8, 4) is 0 Å². The van der Waals surface area contributed by atoms with Gasteiger partial charge in [0.15, 0.2) is 11.6 Å². The zero-order valence-corrected chi connectivity index (χ0v) is 21.3. The minimum Gasteiger partial charge on any atom is -0.481 e. The summed E-state index contributed by atoms with van der Waals surface area (Å²) in [5, 5.41) is 10.4. The minimum atomic E-state index is -0.934. The Labute approximate surface area is 205 Å². The number of carbonyl (C=O) groups is 3. The van der Waals surface area contributed by atoms with Gasteiger partial charge < -0.3 is 14.3 Å². The second kappa shape index (κ2) is 7.67. The predicted octanol–water partition coefficient (Wildman–Crippen LogP) is 6.08. The molecule has 1 aromatic heterocycles. The molecule has 0 bridgehead atoms. The fourth-order valence-electron chi connectivity index (χ4n) is 6.09. The lowest BCUT2D eigenvalue weighted by Gasteiger charge is -2.42. The normalized spacial score (nSPS) is 21.8. The number of aryl methyl sites for hydroxylation is 2. The number of hydrogen-bond donors (Lipinski definition) is 1. The summed E-state index contributed by atoms with van der Waals surface area (Å²) in [5.74, 6) is 0.358. The van der Waals surface area contributed by atoms with Gasteiger partial charge in [-0.1, -0.05) is 33.8 Å². The summed E-state index contributed by atoms with van der Waals surface area (Å²) < 4.78 is 12.5. The summed E-state index contributed by atoms with van der Waals surface area (Å²) in [5.41, 5.74) is 3.34. The molecule has 2 heterocycles. The van der Waals surface area contributed by atoms with E-state index in [0.717, 1.165) is 10.9 Å². The first-order valence-corrected chi connectivity index (χ1v) is 12.2. The smallest absolute Gasteiger partial charge is 0.307 e. The molecule has 0 spiro atoms. The van der Waals surface area contributed by atoms with Crippen LogP contribution in [-0.4, -0.2) is 22.6 Å². The Morgan fingerprint density at radius 3 is 2.00 bits per heavy atom. The van der Waals surface area contributed by atoms with Gasteiger partial charge in [-0.25, -0.2) is 0 Å². The quantitative estimate of drug-likeness (QED) is 0.577. The molecule has 0 unspecified atom stereocenters. The third-order valence-corrected chi connectivity index (χ3v) is 7.57. The Bertz CT molecular complexity index is 1330. The van der Waals surface area contributed by atoms with E-state index in [1.54, 1.807) is 0 Å². The number of aliphatic carboxylic acids is 1. The van der Waals surface area contributed by atoms with Crippen LogP contribution in [0.25, 0.3) is 11.0 Å². The predicted molar refractivity (Wildman–Crippen MR) is 131 cm³/mol. The summed E-state index contributed by atoms with van der Waals surface area (Å²) in [7, 11) is 0. The number of Topliss-reactive ketones (excluding diaryl/α,β-unsaturated/α-hetero) is 2. The van der Waals surface area contributed by atoms with Gasteiger partial charge in [0.25, 0.3) is 0 Å². The topological polar surface area (TPSA) is 93.8 Å². The molecular formula is C29H32O6. The second-order valence-corrected chi connectivity index (χ2v) is 12.0. The number of allylic oxidation sites excluding steroid dienone is 4. The highest BCUT2D eigenvalue weighted by Gasteiger charge is 2.48. The number of fused-ring (bicyclic) bond motifs is 1. The maximum atomic E-state index is 13.6.